The zero-order chi connectivity index (χ0) is 14.3. The summed E-state index contributed by atoms with van der Waals surface area (Å²) in [5, 5.41) is 12.2. The number of carbonyl (C=O) groups excluding carboxylic acids is 1. The average molecular weight is 269 g/mol. The predicted molar refractivity (Wildman–Crippen MR) is 74.9 cm³/mol. The van der Waals surface area contributed by atoms with E-state index in [-0.39, 0.29) is 18.4 Å². The molecule has 1 aliphatic rings. The third-order valence-electron chi connectivity index (χ3n) is 4.63. The van der Waals surface area contributed by atoms with Crippen molar-refractivity contribution < 1.29 is 14.7 Å². The Bertz CT molecular complexity index is 303. The minimum Gasteiger partial charge on any atom is -0.481 e. The van der Waals surface area contributed by atoms with Gasteiger partial charge in [0.25, 0.3) is 0 Å². The summed E-state index contributed by atoms with van der Waals surface area (Å²) >= 11 is 0. The van der Waals surface area contributed by atoms with Crippen LogP contribution in [-0.2, 0) is 9.59 Å². The lowest BCUT2D eigenvalue weighted by atomic mass is 9.82. The average Bonchev–Trinajstić information content (AvgIpc) is 2.68. The molecular formula is C15H27NO3. The fourth-order valence-corrected chi connectivity index (χ4v) is 2.82. The molecule has 0 atom stereocenters. The molecule has 0 spiro atoms. The Hall–Kier alpha value is -1.06. The molecule has 110 valence electrons. The number of carboxylic acid groups (broad SMARTS) is 1. The topological polar surface area (TPSA) is 66.4 Å². The maximum absolute atomic E-state index is 12.1. The minimum atomic E-state index is -0.807. The number of amides is 1. The van der Waals surface area contributed by atoms with Gasteiger partial charge in [-0.25, -0.2) is 0 Å². The largest absolute Gasteiger partial charge is 0.481 e. The lowest BCUT2D eigenvalue weighted by Gasteiger charge is -2.27. The maximum Gasteiger partial charge on any atom is 0.311 e. The van der Waals surface area contributed by atoms with Gasteiger partial charge in [0.2, 0.25) is 5.91 Å². The molecule has 0 radical (unpaired) electrons. The molecule has 1 aliphatic carbocycles. The maximum atomic E-state index is 12.1. The molecule has 0 aliphatic heterocycles. The Balaban J connectivity index is 2.53. The van der Waals surface area contributed by atoms with Gasteiger partial charge in [-0.3, -0.25) is 9.59 Å². The van der Waals surface area contributed by atoms with Crippen molar-refractivity contribution in [2.24, 2.45) is 11.3 Å². The van der Waals surface area contributed by atoms with Gasteiger partial charge in [-0.2, -0.15) is 0 Å². The van der Waals surface area contributed by atoms with Gasteiger partial charge < -0.3 is 10.4 Å². The second-order valence-electron chi connectivity index (χ2n) is 5.70. The van der Waals surface area contributed by atoms with Crippen LogP contribution in [0.5, 0.6) is 0 Å². The zero-order valence-corrected chi connectivity index (χ0v) is 12.2. The first kappa shape index (κ1) is 16.0. The molecule has 4 heteroatoms. The van der Waals surface area contributed by atoms with Crippen molar-refractivity contribution >= 4 is 11.9 Å². The van der Waals surface area contributed by atoms with E-state index < -0.39 is 11.4 Å². The number of rotatable bonds is 6. The van der Waals surface area contributed by atoms with Crippen molar-refractivity contribution in [3.63, 3.8) is 0 Å². The summed E-state index contributed by atoms with van der Waals surface area (Å²) in [6, 6.07) is 0. The molecule has 1 amide bonds. The second-order valence-corrected chi connectivity index (χ2v) is 5.70. The first-order valence-electron chi connectivity index (χ1n) is 7.57. The van der Waals surface area contributed by atoms with Gasteiger partial charge in [0.05, 0.1) is 5.41 Å². The standard InChI is InChI=1S/C15H27NO3/c1-3-15(4-2,14(18)19)11-16-13(17)12-9-7-5-6-8-10-12/h12H,3-11H2,1-2H3,(H,16,17)(H,18,19). The third kappa shape index (κ3) is 4.22. The summed E-state index contributed by atoms with van der Waals surface area (Å²) in [5.74, 6) is -0.671. The molecule has 2 N–H and O–H groups in total. The molecule has 4 nitrogen and oxygen atoms in total. The summed E-state index contributed by atoms with van der Waals surface area (Å²) in [4.78, 5) is 23.5. The van der Waals surface area contributed by atoms with Gasteiger partial charge in [-0.1, -0.05) is 39.5 Å². The lowest BCUT2D eigenvalue weighted by molar-refractivity contribution is -0.149. The molecule has 1 fully saturated rings. The van der Waals surface area contributed by atoms with E-state index in [1.807, 2.05) is 13.8 Å². The van der Waals surface area contributed by atoms with Crippen molar-refractivity contribution in [2.75, 3.05) is 6.54 Å². The van der Waals surface area contributed by atoms with Gasteiger partial charge in [-0.15, -0.1) is 0 Å². The predicted octanol–water partition coefficient (Wildman–Crippen LogP) is 2.96. The van der Waals surface area contributed by atoms with E-state index in [2.05, 4.69) is 5.32 Å². The Kier molecular flexibility index (Phi) is 6.32. The Morgan fingerprint density at radius 3 is 2.05 bits per heavy atom. The smallest absolute Gasteiger partial charge is 0.311 e. The SMILES string of the molecule is CCC(CC)(CNC(=O)C1CCCCCC1)C(=O)O. The number of carboxylic acids is 1. The molecule has 19 heavy (non-hydrogen) atoms. The Morgan fingerprint density at radius 2 is 1.63 bits per heavy atom. The van der Waals surface area contributed by atoms with E-state index in [4.69, 9.17) is 0 Å². The van der Waals surface area contributed by atoms with Crippen LogP contribution in [0.15, 0.2) is 0 Å². The number of hydrogen-bond acceptors (Lipinski definition) is 2. The third-order valence-corrected chi connectivity index (χ3v) is 4.63. The van der Waals surface area contributed by atoms with Crippen molar-refractivity contribution in [3.8, 4) is 0 Å². The van der Waals surface area contributed by atoms with Crippen LogP contribution in [-0.4, -0.2) is 23.5 Å². The highest BCUT2D eigenvalue weighted by Gasteiger charge is 2.35. The highest BCUT2D eigenvalue weighted by atomic mass is 16.4. The Morgan fingerprint density at radius 1 is 1.11 bits per heavy atom. The molecule has 0 unspecified atom stereocenters. The molecule has 0 aromatic rings. The van der Waals surface area contributed by atoms with E-state index in [0.717, 1.165) is 25.7 Å². The van der Waals surface area contributed by atoms with Crippen LogP contribution in [0.25, 0.3) is 0 Å². The van der Waals surface area contributed by atoms with Crippen LogP contribution in [0.2, 0.25) is 0 Å². The first-order chi connectivity index (χ1) is 9.05. The lowest BCUT2D eigenvalue weighted by Crippen LogP contribution is -2.44. The summed E-state index contributed by atoms with van der Waals surface area (Å²) in [7, 11) is 0. The monoisotopic (exact) mass is 269 g/mol. The number of nitrogens with one attached hydrogen (secondary N) is 1. The summed E-state index contributed by atoms with van der Waals surface area (Å²) in [6.07, 6.45) is 7.65. The Labute approximate surface area is 116 Å². The van der Waals surface area contributed by atoms with Crippen LogP contribution < -0.4 is 5.32 Å². The highest BCUT2D eigenvalue weighted by Crippen LogP contribution is 2.27. The molecule has 0 bridgehead atoms. The van der Waals surface area contributed by atoms with Crippen LogP contribution in [0, 0.1) is 11.3 Å². The quantitative estimate of drug-likeness (QED) is 0.728. The molecule has 0 saturated heterocycles. The van der Waals surface area contributed by atoms with Crippen molar-refractivity contribution in [1.29, 1.82) is 0 Å². The molecule has 0 aromatic heterocycles. The summed E-state index contributed by atoms with van der Waals surface area (Å²) in [6.45, 7) is 4.00. The summed E-state index contributed by atoms with van der Waals surface area (Å²) < 4.78 is 0. The normalized spacial score (nSPS) is 17.8. The van der Waals surface area contributed by atoms with Gasteiger partial charge in [0.1, 0.15) is 0 Å². The van der Waals surface area contributed by atoms with Crippen molar-refractivity contribution in [3.05, 3.63) is 0 Å². The highest BCUT2D eigenvalue weighted by molar-refractivity contribution is 5.80. The second kappa shape index (κ2) is 7.51. The first-order valence-corrected chi connectivity index (χ1v) is 7.57. The molecular weight excluding hydrogens is 242 g/mol. The zero-order valence-electron chi connectivity index (χ0n) is 12.2. The van der Waals surface area contributed by atoms with E-state index >= 15 is 0 Å². The van der Waals surface area contributed by atoms with Crippen LogP contribution in [0.1, 0.15) is 65.2 Å². The van der Waals surface area contributed by atoms with Gasteiger partial charge >= 0.3 is 5.97 Å². The van der Waals surface area contributed by atoms with Gasteiger partial charge in [0.15, 0.2) is 0 Å². The van der Waals surface area contributed by atoms with E-state index in [1.165, 1.54) is 12.8 Å². The number of aliphatic carboxylic acids is 1. The van der Waals surface area contributed by atoms with E-state index in [9.17, 15) is 14.7 Å². The van der Waals surface area contributed by atoms with Crippen LogP contribution in [0.4, 0.5) is 0 Å². The minimum absolute atomic E-state index is 0.0504. The molecule has 0 heterocycles. The van der Waals surface area contributed by atoms with Crippen LogP contribution >= 0.6 is 0 Å². The number of hydrogen-bond donors (Lipinski definition) is 2. The molecule has 1 rings (SSSR count). The molecule has 1 saturated carbocycles. The fourth-order valence-electron chi connectivity index (χ4n) is 2.82. The molecule has 0 aromatic carbocycles. The van der Waals surface area contributed by atoms with Crippen molar-refractivity contribution in [2.45, 2.75) is 65.2 Å². The fraction of sp³-hybridized carbons (Fsp3) is 0.867. The van der Waals surface area contributed by atoms with E-state index in [1.54, 1.807) is 0 Å². The van der Waals surface area contributed by atoms with Crippen LogP contribution in [0.3, 0.4) is 0 Å². The number of carbonyl (C=O) groups is 2. The summed E-state index contributed by atoms with van der Waals surface area (Å²) in [5.41, 5.74) is -0.805. The van der Waals surface area contributed by atoms with E-state index in [0.29, 0.717) is 12.8 Å². The van der Waals surface area contributed by atoms with Gasteiger partial charge in [0, 0.05) is 12.5 Å². The van der Waals surface area contributed by atoms with Crippen molar-refractivity contribution in [1.82, 2.24) is 5.32 Å². The van der Waals surface area contributed by atoms with Gasteiger partial charge in [-0.05, 0) is 25.7 Å².